The predicted molar refractivity (Wildman–Crippen MR) is 181 cm³/mol. The number of benzene rings is 4. The lowest BCUT2D eigenvalue weighted by Crippen LogP contribution is -2.13. The summed E-state index contributed by atoms with van der Waals surface area (Å²) in [7, 11) is 0. The number of pyridine rings is 1. The van der Waals surface area contributed by atoms with Gasteiger partial charge in [-0.2, -0.15) is 0 Å². The monoisotopic (exact) mass is 634 g/mol. The summed E-state index contributed by atoms with van der Waals surface area (Å²) < 4.78 is 8.73. The molecule has 0 spiro atoms. The van der Waals surface area contributed by atoms with Crippen molar-refractivity contribution in [2.24, 2.45) is 5.92 Å². The maximum atomic E-state index is 11.9. The molecule has 0 amide bonds. The Kier molecular flexibility index (Phi) is 8.22. The smallest absolute Gasteiger partial charge is 0.303 e. The van der Waals surface area contributed by atoms with Gasteiger partial charge in [-0.15, -0.1) is 0 Å². The Labute approximate surface area is 272 Å². The zero-order valence-electron chi connectivity index (χ0n) is 24.6. The number of hydrogen-bond acceptors (Lipinski definition) is 3. The molecule has 226 valence electrons. The summed E-state index contributed by atoms with van der Waals surface area (Å²) in [5.74, 6) is 0.124. The molecule has 0 radical (unpaired) electrons. The van der Waals surface area contributed by atoms with E-state index in [1.165, 1.54) is 16.8 Å². The van der Waals surface area contributed by atoms with E-state index in [1.807, 2.05) is 54.6 Å². The fourth-order valence-electron chi connectivity index (χ4n) is 6.78. The minimum Gasteiger partial charge on any atom is -0.487 e. The summed E-state index contributed by atoms with van der Waals surface area (Å²) in [4.78, 5) is 16.7. The highest BCUT2D eigenvalue weighted by Gasteiger charge is 2.32. The third-order valence-electron chi connectivity index (χ3n) is 8.91. The lowest BCUT2D eigenvalue weighted by molar-refractivity contribution is -0.138. The van der Waals surface area contributed by atoms with Crippen molar-refractivity contribution in [3.8, 4) is 5.75 Å². The van der Waals surface area contributed by atoms with Crippen LogP contribution in [0, 0.1) is 5.92 Å². The van der Waals surface area contributed by atoms with Gasteiger partial charge < -0.3 is 14.4 Å². The van der Waals surface area contributed by atoms with Gasteiger partial charge in [-0.3, -0.25) is 4.79 Å². The van der Waals surface area contributed by atoms with Crippen molar-refractivity contribution in [1.82, 2.24) is 9.55 Å². The van der Waals surface area contributed by atoms with Crippen molar-refractivity contribution in [3.05, 3.63) is 141 Å². The summed E-state index contributed by atoms with van der Waals surface area (Å²) >= 11 is 12.5. The van der Waals surface area contributed by atoms with E-state index in [1.54, 1.807) is 0 Å². The van der Waals surface area contributed by atoms with Crippen LogP contribution in [0.4, 0.5) is 0 Å². The zero-order valence-corrected chi connectivity index (χ0v) is 26.1. The number of para-hydroxylation sites is 1. The molecule has 0 fully saturated rings. The molecule has 2 aromatic heterocycles. The quantitative estimate of drug-likeness (QED) is 0.169. The SMILES string of the molecule is O=C(O)CC1CCC(c2ccc(Cl)cc2)c2c(n(Cc3ccc(Cl)cc3)c3ccc(OCc4ccc5ccccc5n4)cc23)C1. The van der Waals surface area contributed by atoms with Gasteiger partial charge in [-0.25, -0.2) is 4.98 Å². The molecule has 5 nitrogen and oxygen atoms in total. The predicted octanol–water partition coefficient (Wildman–Crippen LogP) is 9.68. The Morgan fingerprint density at radius 2 is 1.64 bits per heavy atom. The Morgan fingerprint density at radius 3 is 2.42 bits per heavy atom. The van der Waals surface area contributed by atoms with Crippen LogP contribution in [0.25, 0.3) is 21.8 Å². The number of ether oxygens (including phenoxy) is 1. The van der Waals surface area contributed by atoms with Gasteiger partial charge >= 0.3 is 5.97 Å². The molecule has 4 aromatic carbocycles. The van der Waals surface area contributed by atoms with E-state index in [0.29, 0.717) is 29.6 Å². The topological polar surface area (TPSA) is 64.3 Å². The van der Waals surface area contributed by atoms with Crippen LogP contribution in [0.3, 0.4) is 0 Å². The number of fused-ring (bicyclic) bond motifs is 4. The lowest BCUT2D eigenvalue weighted by Gasteiger charge is -2.18. The number of hydrogen-bond donors (Lipinski definition) is 1. The molecule has 1 aliphatic carbocycles. The average Bonchev–Trinajstić information content (AvgIpc) is 3.19. The van der Waals surface area contributed by atoms with Gasteiger partial charge in [0.05, 0.1) is 11.2 Å². The minimum absolute atomic E-state index is 0.0292. The van der Waals surface area contributed by atoms with Gasteiger partial charge in [0.15, 0.2) is 0 Å². The number of aromatic nitrogens is 2. The molecule has 45 heavy (non-hydrogen) atoms. The first kappa shape index (κ1) is 29.4. The fourth-order valence-corrected chi connectivity index (χ4v) is 7.03. The summed E-state index contributed by atoms with van der Waals surface area (Å²) in [5, 5.41) is 13.4. The molecule has 2 unspecified atom stereocenters. The molecule has 1 N–H and O–H groups in total. The third-order valence-corrected chi connectivity index (χ3v) is 9.42. The summed E-state index contributed by atoms with van der Waals surface area (Å²) in [6.45, 7) is 1.00. The van der Waals surface area contributed by atoms with E-state index in [4.69, 9.17) is 32.9 Å². The molecule has 0 bridgehead atoms. The Morgan fingerprint density at radius 1 is 0.889 bits per heavy atom. The number of nitrogens with zero attached hydrogens (tertiary/aromatic N) is 2. The third kappa shape index (κ3) is 6.28. The minimum atomic E-state index is -0.759. The van der Waals surface area contributed by atoms with Crippen molar-refractivity contribution in [1.29, 1.82) is 0 Å². The first-order chi connectivity index (χ1) is 21.9. The van der Waals surface area contributed by atoms with Gasteiger partial charge in [-0.1, -0.05) is 71.7 Å². The Hall–Kier alpha value is -4.32. The van der Waals surface area contributed by atoms with Gasteiger partial charge in [0.25, 0.3) is 0 Å². The van der Waals surface area contributed by atoms with Crippen molar-refractivity contribution >= 4 is 51.0 Å². The zero-order chi connectivity index (χ0) is 30.9. The molecule has 0 saturated heterocycles. The second-order valence-electron chi connectivity index (χ2n) is 11.9. The van der Waals surface area contributed by atoms with Gasteiger partial charge in [0, 0.05) is 50.9 Å². The normalized spacial score (nSPS) is 16.4. The number of aliphatic carboxylic acids is 1. The summed E-state index contributed by atoms with van der Waals surface area (Å²) in [6, 6.07) is 34.5. The van der Waals surface area contributed by atoms with Crippen molar-refractivity contribution in [2.45, 2.75) is 44.8 Å². The van der Waals surface area contributed by atoms with Crippen molar-refractivity contribution < 1.29 is 14.6 Å². The molecule has 7 rings (SSSR count). The molecule has 2 atom stereocenters. The van der Waals surface area contributed by atoms with Crippen LogP contribution in [0.2, 0.25) is 10.0 Å². The van der Waals surface area contributed by atoms with Crippen LogP contribution in [-0.4, -0.2) is 20.6 Å². The molecule has 2 heterocycles. The molecule has 6 aromatic rings. The highest BCUT2D eigenvalue weighted by Crippen LogP contribution is 2.45. The second-order valence-corrected chi connectivity index (χ2v) is 12.8. The largest absolute Gasteiger partial charge is 0.487 e. The standard InChI is InChI=1S/C38H32Cl2N2O3/c39-28-11-5-24(6-12-28)22-42-35-18-16-31(45-23-30-15-10-27-3-1-2-4-34(27)41-30)21-33(35)38-32(26-8-13-29(40)14-9-26)17-7-25(19-36(38)42)20-37(43)44/h1-6,8-16,18,21,25,32H,7,17,19-20,22-23H2,(H,43,44). The first-order valence-corrected chi connectivity index (χ1v) is 16.0. The summed E-state index contributed by atoms with van der Waals surface area (Å²) in [6.07, 6.45) is 2.49. The molecule has 7 heteroatoms. The van der Waals surface area contributed by atoms with Crippen LogP contribution >= 0.6 is 23.2 Å². The van der Waals surface area contributed by atoms with Crippen LogP contribution < -0.4 is 4.74 Å². The molecular formula is C38H32Cl2N2O3. The van der Waals surface area contributed by atoms with Crippen LogP contribution in [0.1, 0.15) is 53.3 Å². The highest BCUT2D eigenvalue weighted by atomic mass is 35.5. The van der Waals surface area contributed by atoms with E-state index >= 15 is 0 Å². The van der Waals surface area contributed by atoms with Crippen LogP contribution in [0.15, 0.2) is 103 Å². The Bertz CT molecular complexity index is 2000. The molecule has 0 saturated carbocycles. The van der Waals surface area contributed by atoms with Crippen LogP contribution in [0.5, 0.6) is 5.75 Å². The first-order valence-electron chi connectivity index (χ1n) is 15.3. The highest BCUT2D eigenvalue weighted by molar-refractivity contribution is 6.30. The molecule has 0 aliphatic heterocycles. The van der Waals surface area contributed by atoms with Gasteiger partial charge in [0.1, 0.15) is 12.4 Å². The van der Waals surface area contributed by atoms with Crippen molar-refractivity contribution in [2.75, 3.05) is 0 Å². The van der Waals surface area contributed by atoms with Crippen LogP contribution in [-0.2, 0) is 24.4 Å². The number of rotatable bonds is 8. The molecular weight excluding hydrogens is 603 g/mol. The average molecular weight is 636 g/mol. The van der Waals surface area contributed by atoms with E-state index in [9.17, 15) is 9.90 Å². The fraction of sp³-hybridized carbons (Fsp3) is 0.211. The number of halogens is 2. The van der Waals surface area contributed by atoms with E-state index in [0.717, 1.165) is 51.7 Å². The van der Waals surface area contributed by atoms with Gasteiger partial charge in [-0.05, 0) is 96.5 Å². The van der Waals surface area contributed by atoms with Gasteiger partial charge in [0.2, 0.25) is 0 Å². The number of carboxylic acid groups (broad SMARTS) is 1. The van der Waals surface area contributed by atoms with Crippen molar-refractivity contribution in [3.63, 3.8) is 0 Å². The molecule has 1 aliphatic rings. The maximum Gasteiger partial charge on any atom is 0.303 e. The number of carbonyl (C=O) groups is 1. The summed E-state index contributed by atoms with van der Waals surface area (Å²) in [5.41, 5.74) is 7.63. The van der Waals surface area contributed by atoms with E-state index < -0.39 is 5.97 Å². The van der Waals surface area contributed by atoms with E-state index in [2.05, 4.69) is 53.1 Å². The second kappa shape index (κ2) is 12.6. The maximum absolute atomic E-state index is 11.9. The van der Waals surface area contributed by atoms with E-state index in [-0.39, 0.29) is 18.3 Å². The Balaban J connectivity index is 1.34. The number of carboxylic acids is 1. The lowest BCUT2D eigenvalue weighted by atomic mass is 9.86.